The highest BCUT2D eigenvalue weighted by Gasteiger charge is 2.34. The van der Waals surface area contributed by atoms with Gasteiger partial charge in [0, 0.05) is 31.0 Å². The van der Waals surface area contributed by atoms with Gasteiger partial charge in [-0.1, -0.05) is 24.3 Å². The van der Waals surface area contributed by atoms with Crippen LogP contribution in [0, 0.1) is 0 Å². The van der Waals surface area contributed by atoms with E-state index >= 15 is 0 Å². The van der Waals surface area contributed by atoms with Gasteiger partial charge >= 0.3 is 6.18 Å². The van der Waals surface area contributed by atoms with Crippen molar-refractivity contribution in [1.29, 1.82) is 0 Å². The monoisotopic (exact) mass is 716 g/mol. The Labute approximate surface area is 282 Å². The van der Waals surface area contributed by atoms with E-state index in [-0.39, 0.29) is 93.7 Å². The molecule has 0 aliphatic carbocycles. The number of anilines is 1. The fraction of sp³-hybridized carbons (Fsp3) is 0.333. The van der Waals surface area contributed by atoms with Crippen molar-refractivity contribution in [3.8, 4) is 0 Å². The number of nitrogens with two attached hydrogens (primary N) is 3. The Kier molecular flexibility index (Phi) is 19.9. The second kappa shape index (κ2) is 20.2. The van der Waals surface area contributed by atoms with Gasteiger partial charge in [-0.15, -0.1) is 0 Å². The number of benzene rings is 2. The predicted molar refractivity (Wildman–Crippen MR) is 144 cm³/mol. The fourth-order valence-corrected chi connectivity index (χ4v) is 4.06. The minimum Gasteiger partial charge on any atom is -1.00 e. The molecule has 2 aromatic carbocycles. The van der Waals surface area contributed by atoms with Crippen LogP contribution in [0.2, 0.25) is 0 Å². The molecule has 0 unspecified atom stereocenters. The largest absolute Gasteiger partial charge is 1.00 e. The van der Waals surface area contributed by atoms with Crippen LogP contribution >= 0.6 is 0 Å². The minimum atomic E-state index is -4.60. The van der Waals surface area contributed by atoms with E-state index in [4.69, 9.17) is 17.2 Å². The number of H-pyrrole nitrogens is 1. The molecule has 1 aromatic heterocycles. The Morgan fingerprint density at radius 1 is 0.956 bits per heavy atom. The number of amides is 3. The van der Waals surface area contributed by atoms with Crippen LogP contribution in [-0.4, -0.2) is 59.6 Å². The molecule has 10 N–H and O–H groups in total. The maximum atomic E-state index is 13.3. The van der Waals surface area contributed by atoms with Crippen molar-refractivity contribution in [2.75, 3.05) is 25.1 Å². The molecule has 252 valence electrons. The first kappa shape index (κ1) is 44.2. The molecule has 0 saturated carbocycles. The van der Waals surface area contributed by atoms with E-state index in [0.717, 1.165) is 35.2 Å². The highest BCUT2D eigenvalue weighted by Crippen LogP contribution is 2.30. The van der Waals surface area contributed by atoms with Crippen molar-refractivity contribution >= 4 is 34.3 Å². The zero-order valence-electron chi connectivity index (χ0n) is 23.5. The smallest absolute Gasteiger partial charge is 0.416 e. The lowest BCUT2D eigenvalue weighted by Crippen LogP contribution is -3.00. The fourth-order valence-electron chi connectivity index (χ4n) is 4.06. The van der Waals surface area contributed by atoms with Gasteiger partial charge in [0.05, 0.1) is 18.3 Å². The first-order valence-electron chi connectivity index (χ1n) is 12.7. The van der Waals surface area contributed by atoms with Gasteiger partial charge in [0.25, 0.3) is 0 Å². The molecule has 18 heteroatoms. The van der Waals surface area contributed by atoms with Crippen LogP contribution in [0.15, 0.2) is 60.8 Å². The van der Waals surface area contributed by atoms with Crippen molar-refractivity contribution in [2.45, 2.75) is 37.2 Å². The van der Waals surface area contributed by atoms with Crippen LogP contribution in [0.1, 0.15) is 30.1 Å². The number of carbonyl (C=O) groups is 3. The number of rotatable bonds is 12. The number of aromatic amines is 1. The highest BCUT2D eigenvalue weighted by molar-refractivity contribution is 5.99. The summed E-state index contributed by atoms with van der Waals surface area (Å²) < 4.78 is 39.1. The third-order valence-electron chi connectivity index (χ3n) is 6.38. The molecule has 3 aromatic rings. The normalized spacial score (nSPS) is 12.5. The first-order valence-corrected chi connectivity index (χ1v) is 12.7. The Balaban J connectivity index is 0. The lowest BCUT2D eigenvalue weighted by molar-refractivity contribution is -0.343. The Hall–Kier alpha value is -2.95. The lowest BCUT2D eigenvalue weighted by atomic mass is 9.99. The molecule has 3 rings (SSSR count). The van der Waals surface area contributed by atoms with E-state index in [1.807, 2.05) is 12.1 Å². The van der Waals surface area contributed by atoms with E-state index in [1.54, 1.807) is 18.2 Å². The zero-order chi connectivity index (χ0) is 30.2. The molecule has 3 atom stereocenters. The Morgan fingerprint density at radius 2 is 1.58 bits per heavy atom. The van der Waals surface area contributed by atoms with Gasteiger partial charge in [-0.3, -0.25) is 14.4 Å². The van der Waals surface area contributed by atoms with Crippen LogP contribution in [0.25, 0.3) is 10.9 Å². The number of aromatic nitrogens is 1. The van der Waals surface area contributed by atoms with Crippen molar-refractivity contribution in [3.63, 3.8) is 0 Å². The molecule has 0 aliphatic rings. The summed E-state index contributed by atoms with van der Waals surface area (Å²) in [4.78, 5) is 42.9. The van der Waals surface area contributed by atoms with Crippen LogP contribution < -0.4 is 82.4 Å². The van der Waals surface area contributed by atoms with Gasteiger partial charge in [-0.2, -0.15) is 13.2 Å². The number of hydrogen-bond acceptors (Lipinski definition) is 7. The molecular weight excluding hydrogens is 685 g/mol. The highest BCUT2D eigenvalue weighted by atomic mass is 35.5. The number of nitrogens with one attached hydrogen (secondary N) is 3. The SMILES string of the molecule is NCCN(CN)C(=O)CC[C@H](N)C(=O)N[C@H](C(=O)Nc1c[nH+]c2ccccc2c1)[C@H](O)c1ccc(C(F)(F)F)cc1.[Cl-].[Cl-].[Cl-].[Cl-]. The number of halogens is 7. The summed E-state index contributed by atoms with van der Waals surface area (Å²) in [6.07, 6.45) is -5.06. The van der Waals surface area contributed by atoms with Crippen LogP contribution in [0.5, 0.6) is 0 Å². The third kappa shape index (κ3) is 12.4. The first-order chi connectivity index (χ1) is 19.4. The van der Waals surface area contributed by atoms with Crippen molar-refractivity contribution < 1.29 is 87.3 Å². The maximum absolute atomic E-state index is 13.3. The number of alkyl halides is 3. The van der Waals surface area contributed by atoms with Crippen molar-refractivity contribution in [3.05, 3.63) is 71.9 Å². The maximum Gasteiger partial charge on any atom is 0.416 e. The molecule has 0 aliphatic heterocycles. The van der Waals surface area contributed by atoms with E-state index < -0.39 is 41.7 Å². The van der Waals surface area contributed by atoms with Crippen molar-refractivity contribution in [2.24, 2.45) is 17.2 Å². The molecule has 11 nitrogen and oxygen atoms in total. The number of para-hydroxylation sites is 1. The third-order valence-corrected chi connectivity index (χ3v) is 6.38. The molecule has 0 spiro atoms. The van der Waals surface area contributed by atoms with E-state index in [2.05, 4.69) is 15.6 Å². The lowest BCUT2D eigenvalue weighted by Gasteiger charge is -2.25. The Bertz CT molecular complexity index is 1370. The number of aliphatic hydroxyl groups excluding tert-OH is 1. The molecule has 3 amide bonds. The van der Waals surface area contributed by atoms with Gasteiger partial charge in [-0.05, 0) is 36.2 Å². The minimum absolute atomic E-state index is 0. The molecule has 0 saturated heterocycles. The number of aliphatic hydroxyl groups is 1. The zero-order valence-corrected chi connectivity index (χ0v) is 26.6. The standard InChI is InChI=1S/C27H32F3N7O4.4ClH/c28-27(29,30)18-7-5-16(6-8-18)24(39)23(26(41)35-19-13-17-3-1-2-4-21(17)34-14-19)36-25(40)20(33)9-10-22(38)37(15-32)12-11-31;;;;/h1-8,13-14,20,23-24,39H,9-12,15,31-33H2,(H,35,41)(H,36,40);4*1H/p-3/t20-,23-,24+;;;;/m0..../s1. The van der Waals surface area contributed by atoms with Crippen LogP contribution in [0.4, 0.5) is 18.9 Å². The molecule has 1 heterocycles. The van der Waals surface area contributed by atoms with E-state index in [0.29, 0.717) is 5.69 Å². The number of nitrogens with zero attached hydrogens (tertiary/aromatic N) is 1. The average molecular weight is 718 g/mol. The van der Waals surface area contributed by atoms with E-state index in [1.165, 1.54) is 11.1 Å². The summed E-state index contributed by atoms with van der Waals surface area (Å²) in [6.45, 7) is 0.360. The van der Waals surface area contributed by atoms with E-state index in [9.17, 15) is 32.7 Å². The van der Waals surface area contributed by atoms with Gasteiger partial charge in [0.15, 0.2) is 6.20 Å². The second-order valence-corrected chi connectivity index (χ2v) is 9.29. The molecule has 0 fully saturated rings. The average Bonchev–Trinajstić information content (AvgIpc) is 2.96. The van der Waals surface area contributed by atoms with Gasteiger partial charge < -0.3 is 87.5 Å². The van der Waals surface area contributed by atoms with Crippen LogP contribution in [-0.2, 0) is 20.6 Å². The van der Waals surface area contributed by atoms with Gasteiger partial charge in [0.2, 0.25) is 23.2 Å². The molecular formula is C27H33Cl4F3N7O4-3. The summed E-state index contributed by atoms with van der Waals surface area (Å²) >= 11 is 0. The van der Waals surface area contributed by atoms with Crippen LogP contribution in [0.3, 0.4) is 0 Å². The summed E-state index contributed by atoms with van der Waals surface area (Å²) in [5.74, 6) is -2.07. The molecule has 0 radical (unpaired) electrons. The Morgan fingerprint density at radius 3 is 2.16 bits per heavy atom. The molecule has 0 bridgehead atoms. The molecule has 45 heavy (non-hydrogen) atoms. The number of fused-ring (bicyclic) bond motifs is 1. The number of carbonyl (C=O) groups excluding carboxylic acids is 3. The van der Waals surface area contributed by atoms with Gasteiger partial charge in [0.1, 0.15) is 17.8 Å². The summed E-state index contributed by atoms with van der Waals surface area (Å²) in [5.41, 5.74) is 17.1. The van der Waals surface area contributed by atoms with Gasteiger partial charge in [-0.25, -0.2) is 4.98 Å². The second-order valence-electron chi connectivity index (χ2n) is 9.29. The summed E-state index contributed by atoms with van der Waals surface area (Å²) in [6, 6.07) is 9.57. The topological polar surface area (TPSA) is 191 Å². The van der Waals surface area contributed by atoms with Crippen molar-refractivity contribution in [1.82, 2.24) is 10.2 Å². The quantitative estimate of drug-likeness (QED) is 0.100. The number of pyridine rings is 1. The summed E-state index contributed by atoms with van der Waals surface area (Å²) in [5, 5.41) is 16.8. The summed E-state index contributed by atoms with van der Waals surface area (Å²) in [7, 11) is 0. The predicted octanol–water partition coefficient (Wildman–Crippen LogP) is -11.3. The number of hydrogen-bond donors (Lipinski definition) is 6.